The van der Waals surface area contributed by atoms with Crippen LogP contribution >= 0.6 is 0 Å². The van der Waals surface area contributed by atoms with Gasteiger partial charge in [0, 0.05) is 30.1 Å². The van der Waals surface area contributed by atoms with Crippen molar-refractivity contribution in [3.63, 3.8) is 0 Å². The van der Waals surface area contributed by atoms with Gasteiger partial charge in [-0.3, -0.25) is 4.90 Å². The molecule has 0 radical (unpaired) electrons. The first-order valence-electron chi connectivity index (χ1n) is 13.1. The van der Waals surface area contributed by atoms with Gasteiger partial charge in [0.1, 0.15) is 0 Å². The molecule has 0 N–H and O–H groups in total. The van der Waals surface area contributed by atoms with E-state index >= 15 is 0 Å². The monoisotopic (exact) mass is 419 g/mol. The first-order chi connectivity index (χ1) is 15.0. The number of nitrogens with zero attached hydrogens (tertiary/aromatic N) is 1. The summed E-state index contributed by atoms with van der Waals surface area (Å²) in [4.78, 5) is 3.12. The van der Waals surface area contributed by atoms with E-state index in [0.29, 0.717) is 16.4 Å². The molecule has 6 rings (SSSR count). The van der Waals surface area contributed by atoms with Gasteiger partial charge in [-0.15, -0.1) is 0 Å². The Morgan fingerprint density at radius 3 is 2.74 bits per heavy atom. The van der Waals surface area contributed by atoms with Crippen LogP contribution in [0.3, 0.4) is 0 Å². The number of piperidine rings is 2. The summed E-state index contributed by atoms with van der Waals surface area (Å²) in [5.74, 6) is 1.84. The predicted octanol–water partition coefficient (Wildman–Crippen LogP) is 6.75. The van der Waals surface area contributed by atoms with Crippen molar-refractivity contribution in [3.05, 3.63) is 47.0 Å². The van der Waals surface area contributed by atoms with Crippen LogP contribution in [-0.4, -0.2) is 29.6 Å². The summed E-state index contributed by atoms with van der Waals surface area (Å²) in [5, 5.41) is 0. The van der Waals surface area contributed by atoms with Gasteiger partial charge < -0.3 is 4.74 Å². The summed E-state index contributed by atoms with van der Waals surface area (Å²) in [5.41, 5.74) is 6.31. The molecule has 7 atom stereocenters. The topological polar surface area (TPSA) is 12.5 Å². The highest BCUT2D eigenvalue weighted by molar-refractivity contribution is 5.39. The van der Waals surface area contributed by atoms with Gasteiger partial charge in [-0.05, 0) is 88.0 Å². The lowest BCUT2D eigenvalue weighted by Crippen LogP contribution is -2.66. The quantitative estimate of drug-likeness (QED) is 0.373. The molecule has 31 heavy (non-hydrogen) atoms. The Balaban J connectivity index is 1.30. The van der Waals surface area contributed by atoms with Crippen molar-refractivity contribution in [1.29, 1.82) is 0 Å². The molecule has 3 saturated heterocycles. The molecule has 3 heterocycles. The van der Waals surface area contributed by atoms with E-state index in [0.717, 1.165) is 31.1 Å². The second kappa shape index (κ2) is 7.19. The smallest absolute Gasteiger partial charge is 0.0716 e. The summed E-state index contributed by atoms with van der Waals surface area (Å²) in [6.45, 7) is 10.6. The number of hydrogen-bond donors (Lipinski definition) is 0. The Kier molecular flexibility index (Phi) is 4.75. The number of benzene rings is 1. The molecular formula is C29H41NO. The van der Waals surface area contributed by atoms with Crippen molar-refractivity contribution >= 4 is 0 Å². The highest BCUT2D eigenvalue weighted by Gasteiger charge is 2.78. The van der Waals surface area contributed by atoms with Gasteiger partial charge in [0.05, 0.1) is 6.61 Å². The first kappa shape index (κ1) is 20.5. The minimum Gasteiger partial charge on any atom is -0.377 e. The van der Waals surface area contributed by atoms with E-state index in [1.165, 1.54) is 69.9 Å². The number of fused-ring (bicyclic) bond motifs is 2. The molecule has 1 spiro atoms. The number of allylic oxidation sites excluding steroid dienone is 1. The largest absolute Gasteiger partial charge is 0.377 e. The van der Waals surface area contributed by atoms with Gasteiger partial charge in [-0.25, -0.2) is 0 Å². The molecule has 1 aromatic carbocycles. The van der Waals surface area contributed by atoms with Gasteiger partial charge in [0.15, 0.2) is 0 Å². The minimum absolute atomic E-state index is 0.490. The summed E-state index contributed by atoms with van der Waals surface area (Å²) in [7, 11) is 0. The fraction of sp³-hybridized carbons (Fsp3) is 0.724. The van der Waals surface area contributed by atoms with Crippen LogP contribution in [-0.2, 0) is 11.3 Å². The highest BCUT2D eigenvalue weighted by atomic mass is 16.5. The Morgan fingerprint density at radius 2 is 1.94 bits per heavy atom. The highest BCUT2D eigenvalue weighted by Crippen LogP contribution is 2.78. The fourth-order valence-electron chi connectivity index (χ4n) is 9.77. The third-order valence-electron chi connectivity index (χ3n) is 10.9. The van der Waals surface area contributed by atoms with Crippen LogP contribution < -0.4 is 0 Å². The van der Waals surface area contributed by atoms with Gasteiger partial charge in [0.2, 0.25) is 0 Å². The predicted molar refractivity (Wildman–Crippen MR) is 127 cm³/mol. The minimum atomic E-state index is 0.490. The fourth-order valence-corrected chi connectivity index (χ4v) is 9.77. The van der Waals surface area contributed by atoms with E-state index < -0.39 is 0 Å². The molecule has 2 heteroatoms. The maximum absolute atomic E-state index is 6.20. The van der Waals surface area contributed by atoms with Crippen LogP contribution in [0.15, 0.2) is 41.5 Å². The van der Waals surface area contributed by atoms with Gasteiger partial charge >= 0.3 is 0 Å². The van der Waals surface area contributed by atoms with E-state index in [1.54, 1.807) is 5.57 Å². The maximum Gasteiger partial charge on any atom is 0.0716 e. The molecule has 168 valence electrons. The van der Waals surface area contributed by atoms with Gasteiger partial charge in [0.25, 0.3) is 0 Å². The summed E-state index contributed by atoms with van der Waals surface area (Å²) >= 11 is 0. The van der Waals surface area contributed by atoms with Crippen molar-refractivity contribution in [2.24, 2.45) is 22.7 Å². The van der Waals surface area contributed by atoms with E-state index in [-0.39, 0.29) is 0 Å². The molecule has 3 aliphatic heterocycles. The van der Waals surface area contributed by atoms with Crippen LogP contribution in [0.5, 0.6) is 0 Å². The third kappa shape index (κ3) is 2.58. The number of hydrogen-bond acceptors (Lipinski definition) is 2. The number of rotatable bonds is 6. The lowest BCUT2D eigenvalue weighted by atomic mass is 9.44. The Labute approximate surface area is 189 Å². The normalized spacial score (nSPS) is 44.5. The molecule has 5 aliphatic rings. The van der Waals surface area contributed by atoms with Crippen LogP contribution in [0.25, 0.3) is 0 Å². The second-order valence-corrected chi connectivity index (χ2v) is 12.0. The maximum atomic E-state index is 6.20. The van der Waals surface area contributed by atoms with Crippen molar-refractivity contribution < 1.29 is 4.74 Å². The van der Waals surface area contributed by atoms with Gasteiger partial charge in [-0.2, -0.15) is 0 Å². The van der Waals surface area contributed by atoms with Crippen LogP contribution in [0.2, 0.25) is 0 Å². The lowest BCUT2D eigenvalue weighted by molar-refractivity contribution is -0.137. The third-order valence-corrected chi connectivity index (χ3v) is 10.9. The molecule has 0 aromatic heterocycles. The molecule has 1 unspecified atom stereocenters. The average Bonchev–Trinajstić information content (AvgIpc) is 3.24. The van der Waals surface area contributed by atoms with Crippen LogP contribution in [0.4, 0.5) is 0 Å². The standard InChI is InChI=1S/C29H41NO/c1-21(2)24-13-16-27(3)23-12-17-28-14-7-11-25(28)29(27,26(24)30(28)19-23)15-8-18-31-20-22-9-5-4-6-10-22/h4-6,9-10,23,25-26H,7-8,11-20H2,1-3H3/t23-,25-,26-,27+,28-,29+/m1/s1. The Hall–Kier alpha value is -1.12. The molecule has 2 nitrogen and oxygen atoms in total. The zero-order valence-corrected chi connectivity index (χ0v) is 20.0. The molecule has 1 aromatic rings. The first-order valence-corrected chi connectivity index (χ1v) is 13.1. The van der Waals surface area contributed by atoms with E-state index in [1.807, 2.05) is 5.57 Å². The molecular weight excluding hydrogens is 378 g/mol. The zero-order valence-electron chi connectivity index (χ0n) is 20.0. The molecule has 0 amide bonds. The van der Waals surface area contributed by atoms with Crippen molar-refractivity contribution in [3.8, 4) is 0 Å². The summed E-state index contributed by atoms with van der Waals surface area (Å²) in [6.07, 6.45) is 12.8. The SMILES string of the molecule is CC(C)=C1CC[C@@]2(C)[C@@H]3CC[C@]45CCC[C@H]4[C@@]2(CCCOCc2ccccc2)[C@@H]1N5C3. The van der Waals surface area contributed by atoms with Crippen molar-refractivity contribution in [2.75, 3.05) is 13.2 Å². The van der Waals surface area contributed by atoms with E-state index in [4.69, 9.17) is 4.74 Å². The number of ether oxygens (including phenoxy) is 1. The second-order valence-electron chi connectivity index (χ2n) is 12.0. The molecule has 2 saturated carbocycles. The van der Waals surface area contributed by atoms with Crippen LogP contribution in [0, 0.1) is 22.7 Å². The van der Waals surface area contributed by atoms with E-state index in [9.17, 15) is 0 Å². The average molecular weight is 420 g/mol. The zero-order chi connectivity index (χ0) is 21.3. The lowest BCUT2D eigenvalue weighted by Gasteiger charge is -2.65. The van der Waals surface area contributed by atoms with Crippen LogP contribution in [0.1, 0.15) is 84.1 Å². The molecule has 5 bridgehead atoms. The summed E-state index contributed by atoms with van der Waals surface area (Å²) in [6, 6.07) is 11.4. The van der Waals surface area contributed by atoms with E-state index in [2.05, 4.69) is 56.0 Å². The Bertz CT molecular complexity index is 872. The van der Waals surface area contributed by atoms with Crippen molar-refractivity contribution in [2.45, 2.75) is 96.7 Å². The molecule has 5 fully saturated rings. The van der Waals surface area contributed by atoms with Crippen molar-refractivity contribution in [1.82, 2.24) is 4.90 Å². The van der Waals surface area contributed by atoms with Gasteiger partial charge in [-0.1, -0.05) is 54.8 Å². The molecule has 2 aliphatic carbocycles. The Morgan fingerprint density at radius 1 is 1.10 bits per heavy atom. The summed E-state index contributed by atoms with van der Waals surface area (Å²) < 4.78 is 6.20.